The zero-order valence-corrected chi connectivity index (χ0v) is 7.91. The lowest BCUT2D eigenvalue weighted by atomic mass is 10.1. The molecule has 1 N–H and O–H groups in total. The lowest BCUT2D eigenvalue weighted by Crippen LogP contribution is -2.00. The smallest absolute Gasteiger partial charge is 0.302 e. The highest BCUT2D eigenvalue weighted by Crippen LogP contribution is 2.35. The SMILES string of the molecule is CC(=O)c1ccc(O)c(Cl)c1[N+](=O)[O-]. The number of nitro groups is 1. The highest BCUT2D eigenvalue weighted by atomic mass is 35.5. The van der Waals surface area contributed by atoms with Gasteiger partial charge in [-0.3, -0.25) is 14.9 Å². The molecule has 0 unspecified atom stereocenters. The van der Waals surface area contributed by atoms with Gasteiger partial charge in [-0.15, -0.1) is 0 Å². The number of halogens is 1. The van der Waals surface area contributed by atoms with Gasteiger partial charge in [-0.2, -0.15) is 0 Å². The van der Waals surface area contributed by atoms with E-state index in [9.17, 15) is 14.9 Å². The predicted octanol–water partition coefficient (Wildman–Crippen LogP) is 2.16. The molecule has 0 aliphatic rings. The van der Waals surface area contributed by atoms with Crippen molar-refractivity contribution in [3.8, 4) is 5.75 Å². The van der Waals surface area contributed by atoms with Gasteiger partial charge in [-0.25, -0.2) is 0 Å². The van der Waals surface area contributed by atoms with Crippen LogP contribution in [0.1, 0.15) is 17.3 Å². The quantitative estimate of drug-likeness (QED) is 0.466. The first-order valence-corrected chi connectivity index (χ1v) is 3.99. The summed E-state index contributed by atoms with van der Waals surface area (Å²) >= 11 is 5.49. The van der Waals surface area contributed by atoms with Crippen molar-refractivity contribution in [3.63, 3.8) is 0 Å². The van der Waals surface area contributed by atoms with E-state index in [-0.39, 0.29) is 5.56 Å². The molecule has 74 valence electrons. The van der Waals surface area contributed by atoms with E-state index in [1.807, 2.05) is 0 Å². The van der Waals surface area contributed by atoms with Crippen molar-refractivity contribution in [2.45, 2.75) is 6.92 Å². The maximum absolute atomic E-state index is 11.0. The zero-order valence-electron chi connectivity index (χ0n) is 7.15. The van der Waals surface area contributed by atoms with Gasteiger partial charge in [0.05, 0.1) is 10.5 Å². The number of rotatable bonds is 2. The van der Waals surface area contributed by atoms with Gasteiger partial charge in [0, 0.05) is 0 Å². The molecule has 0 saturated carbocycles. The molecule has 0 aliphatic carbocycles. The van der Waals surface area contributed by atoms with Crippen LogP contribution in [0.2, 0.25) is 5.02 Å². The number of nitro benzene ring substituents is 1. The number of aromatic hydroxyl groups is 1. The fourth-order valence-corrected chi connectivity index (χ4v) is 1.25. The van der Waals surface area contributed by atoms with Gasteiger partial charge in [0.1, 0.15) is 5.75 Å². The minimum absolute atomic E-state index is 0.113. The Labute approximate surface area is 84.1 Å². The monoisotopic (exact) mass is 215 g/mol. The van der Waals surface area contributed by atoms with E-state index in [1.165, 1.54) is 13.0 Å². The molecule has 6 heteroatoms. The molecular formula is C8H6ClNO4. The number of nitrogens with zero attached hydrogens (tertiary/aromatic N) is 1. The summed E-state index contributed by atoms with van der Waals surface area (Å²) in [5.74, 6) is -0.887. The summed E-state index contributed by atoms with van der Waals surface area (Å²) in [6.45, 7) is 1.19. The van der Waals surface area contributed by atoms with E-state index in [0.29, 0.717) is 0 Å². The van der Waals surface area contributed by atoms with Gasteiger partial charge in [0.25, 0.3) is 0 Å². The summed E-state index contributed by atoms with van der Waals surface area (Å²) in [5, 5.41) is 19.3. The third-order valence-corrected chi connectivity index (χ3v) is 2.03. The molecule has 1 rings (SSSR count). The Morgan fingerprint density at radius 1 is 1.57 bits per heavy atom. The Kier molecular flexibility index (Phi) is 2.71. The zero-order chi connectivity index (χ0) is 10.9. The van der Waals surface area contributed by atoms with Crippen LogP contribution in [0, 0.1) is 10.1 Å². The molecule has 5 nitrogen and oxygen atoms in total. The van der Waals surface area contributed by atoms with E-state index in [4.69, 9.17) is 16.7 Å². The normalized spacial score (nSPS) is 9.86. The van der Waals surface area contributed by atoms with Gasteiger partial charge >= 0.3 is 5.69 Å². The largest absolute Gasteiger partial charge is 0.506 e. The molecule has 0 amide bonds. The Bertz CT molecular complexity index is 416. The van der Waals surface area contributed by atoms with Crippen LogP contribution in [-0.4, -0.2) is 15.8 Å². The molecule has 0 bridgehead atoms. The summed E-state index contributed by atoms with van der Waals surface area (Å²) < 4.78 is 0. The van der Waals surface area contributed by atoms with Crippen molar-refractivity contribution in [1.29, 1.82) is 0 Å². The number of carbonyl (C=O) groups excluding carboxylic acids is 1. The summed E-state index contributed by atoms with van der Waals surface area (Å²) in [5.41, 5.74) is -0.669. The second kappa shape index (κ2) is 3.63. The minimum Gasteiger partial charge on any atom is -0.506 e. The van der Waals surface area contributed by atoms with E-state index < -0.39 is 27.2 Å². The maximum atomic E-state index is 11.0. The molecule has 0 aromatic heterocycles. The molecule has 0 saturated heterocycles. The van der Waals surface area contributed by atoms with Crippen molar-refractivity contribution in [3.05, 3.63) is 32.8 Å². The van der Waals surface area contributed by atoms with Crippen LogP contribution < -0.4 is 0 Å². The Morgan fingerprint density at radius 2 is 2.14 bits per heavy atom. The Balaban J connectivity index is 3.53. The molecule has 0 aliphatic heterocycles. The van der Waals surface area contributed by atoms with Crippen LogP contribution in [0.25, 0.3) is 0 Å². The van der Waals surface area contributed by atoms with Crippen molar-refractivity contribution in [1.82, 2.24) is 0 Å². The van der Waals surface area contributed by atoms with Crippen molar-refractivity contribution in [2.75, 3.05) is 0 Å². The first-order chi connectivity index (χ1) is 6.45. The number of benzene rings is 1. The second-order valence-corrected chi connectivity index (χ2v) is 2.99. The van der Waals surface area contributed by atoms with Gasteiger partial charge in [-0.05, 0) is 19.1 Å². The highest BCUT2D eigenvalue weighted by Gasteiger charge is 2.24. The topological polar surface area (TPSA) is 80.4 Å². The third-order valence-electron chi connectivity index (χ3n) is 1.66. The van der Waals surface area contributed by atoms with E-state index >= 15 is 0 Å². The molecule has 0 atom stereocenters. The number of Topliss-reactive ketones (excluding diaryl/α,β-unsaturated/α-hetero) is 1. The number of ketones is 1. The lowest BCUT2D eigenvalue weighted by molar-refractivity contribution is -0.385. The van der Waals surface area contributed by atoms with Crippen LogP contribution in [0.4, 0.5) is 5.69 Å². The maximum Gasteiger partial charge on any atom is 0.302 e. The fourth-order valence-electron chi connectivity index (χ4n) is 1.02. The van der Waals surface area contributed by atoms with Gasteiger partial charge in [0.2, 0.25) is 0 Å². The molecule has 0 fully saturated rings. The van der Waals surface area contributed by atoms with Gasteiger partial charge < -0.3 is 5.11 Å². The molecule has 1 aromatic carbocycles. The first kappa shape index (κ1) is 10.5. The molecular weight excluding hydrogens is 210 g/mol. The summed E-state index contributed by atoms with van der Waals surface area (Å²) in [7, 11) is 0. The van der Waals surface area contributed by atoms with Crippen molar-refractivity contribution >= 4 is 23.1 Å². The number of phenols is 1. The number of hydrogen-bond donors (Lipinski definition) is 1. The minimum atomic E-state index is -0.793. The Morgan fingerprint density at radius 3 is 2.57 bits per heavy atom. The van der Waals surface area contributed by atoms with Crippen LogP contribution in [0.3, 0.4) is 0 Å². The van der Waals surface area contributed by atoms with Gasteiger partial charge in [-0.1, -0.05) is 11.6 Å². The summed E-state index contributed by atoms with van der Waals surface area (Å²) in [6, 6.07) is 2.31. The first-order valence-electron chi connectivity index (χ1n) is 3.62. The fraction of sp³-hybridized carbons (Fsp3) is 0.125. The van der Waals surface area contributed by atoms with E-state index in [1.54, 1.807) is 0 Å². The van der Waals surface area contributed by atoms with E-state index in [0.717, 1.165) is 6.07 Å². The van der Waals surface area contributed by atoms with Crippen LogP contribution in [0.5, 0.6) is 5.75 Å². The standard InChI is InChI=1S/C8H6ClNO4/c1-4(11)5-2-3-6(12)7(9)8(5)10(13)14/h2-3,12H,1H3. The Hall–Kier alpha value is -1.62. The van der Waals surface area contributed by atoms with Crippen LogP contribution in [-0.2, 0) is 0 Å². The van der Waals surface area contributed by atoms with Crippen molar-refractivity contribution in [2.24, 2.45) is 0 Å². The number of hydrogen-bond acceptors (Lipinski definition) is 4. The summed E-state index contributed by atoms with van der Waals surface area (Å²) in [4.78, 5) is 20.8. The average molecular weight is 216 g/mol. The van der Waals surface area contributed by atoms with Crippen molar-refractivity contribution < 1.29 is 14.8 Å². The average Bonchev–Trinajstić information content (AvgIpc) is 2.08. The molecule has 0 spiro atoms. The van der Waals surface area contributed by atoms with Crippen LogP contribution in [0.15, 0.2) is 12.1 Å². The predicted molar refractivity (Wildman–Crippen MR) is 49.8 cm³/mol. The highest BCUT2D eigenvalue weighted by molar-refractivity contribution is 6.34. The third kappa shape index (κ3) is 1.67. The van der Waals surface area contributed by atoms with Gasteiger partial charge in [0.15, 0.2) is 10.8 Å². The van der Waals surface area contributed by atoms with Crippen LogP contribution >= 0.6 is 11.6 Å². The molecule has 0 heterocycles. The number of carbonyl (C=O) groups is 1. The number of phenolic OH excluding ortho intramolecular Hbond substituents is 1. The summed E-state index contributed by atoms with van der Waals surface area (Å²) in [6.07, 6.45) is 0. The molecule has 0 radical (unpaired) electrons. The lowest BCUT2D eigenvalue weighted by Gasteiger charge is -2.02. The molecule has 14 heavy (non-hydrogen) atoms. The second-order valence-electron chi connectivity index (χ2n) is 2.61. The molecule has 1 aromatic rings. The van der Waals surface area contributed by atoms with E-state index in [2.05, 4.69) is 0 Å².